The standard InChI is InChI=1S/2C13H13NOS.O.V/c2*15-12-7-4-9-14(13(12)16)10-8-11-5-2-1-3-6-11;;/h2*1-7,9,15H,8,10H2;;/q;;;+2/p-2. The number of aryl methyl sites for hydroxylation is 4. The molecule has 0 saturated heterocycles. The van der Waals surface area contributed by atoms with Crippen molar-refractivity contribution in [2.24, 2.45) is 0 Å². The molecule has 0 spiro atoms. The predicted molar refractivity (Wildman–Crippen MR) is 130 cm³/mol. The van der Waals surface area contributed by atoms with E-state index < -0.39 is 0 Å². The van der Waals surface area contributed by atoms with Gasteiger partial charge in [-0.3, -0.25) is 0 Å². The molecule has 8 heteroatoms. The van der Waals surface area contributed by atoms with Gasteiger partial charge in [0.05, 0.1) is 9.28 Å². The summed E-state index contributed by atoms with van der Waals surface area (Å²) >= 11 is 11.2. The zero-order chi connectivity index (χ0) is 24.8. The molecule has 0 amide bonds. The van der Waals surface area contributed by atoms with Gasteiger partial charge >= 0.3 is 21.0 Å². The van der Waals surface area contributed by atoms with Crippen molar-refractivity contribution in [3.05, 3.63) is 118 Å². The minimum atomic E-state index is -0.0782. The van der Waals surface area contributed by atoms with E-state index in [1.54, 1.807) is 12.1 Å². The van der Waals surface area contributed by atoms with Crippen LogP contribution in [0.5, 0.6) is 11.5 Å². The average molecular weight is 528 g/mol. The van der Waals surface area contributed by atoms with Gasteiger partial charge in [0, 0.05) is 25.5 Å². The maximum absolute atomic E-state index is 11.3. The van der Waals surface area contributed by atoms with Crippen LogP contribution in [0.15, 0.2) is 97.3 Å². The summed E-state index contributed by atoms with van der Waals surface area (Å²) in [5, 5.41) is 22.7. The van der Waals surface area contributed by atoms with Gasteiger partial charge in [0.25, 0.3) is 0 Å². The summed E-state index contributed by atoms with van der Waals surface area (Å²) in [4.78, 5) is 0. The molecule has 0 unspecified atom stereocenters. The molecule has 4 aromatic rings. The van der Waals surface area contributed by atoms with Crippen LogP contribution in [-0.4, -0.2) is 9.13 Å². The van der Waals surface area contributed by atoms with Crippen molar-refractivity contribution in [2.45, 2.75) is 25.9 Å². The van der Waals surface area contributed by atoms with Crippen molar-refractivity contribution in [3.63, 3.8) is 0 Å². The molecule has 0 bridgehead atoms. The second-order valence-corrected chi connectivity index (χ2v) is 7.99. The molecule has 0 fully saturated rings. The monoisotopic (exact) mass is 527 g/mol. The molecule has 5 nitrogen and oxygen atoms in total. The zero-order valence-electron chi connectivity index (χ0n) is 18.4. The first-order chi connectivity index (χ1) is 16.5. The summed E-state index contributed by atoms with van der Waals surface area (Å²) in [7, 11) is 0. The van der Waals surface area contributed by atoms with Crippen molar-refractivity contribution >= 4 is 24.4 Å². The SMILES string of the molecule is [O-]c1cccn(CCc2ccccc2)c1=S.[O-]c1cccn(CCc2ccccc2)c1=S.[O]=[V+2]. The Balaban J connectivity index is 0.000000224. The van der Waals surface area contributed by atoms with Crippen molar-refractivity contribution < 1.29 is 31.3 Å². The van der Waals surface area contributed by atoms with Crippen molar-refractivity contribution in [2.75, 3.05) is 0 Å². The molecule has 0 saturated carbocycles. The molecule has 0 aliphatic rings. The van der Waals surface area contributed by atoms with Gasteiger partial charge in [-0.2, -0.15) is 0 Å². The van der Waals surface area contributed by atoms with Gasteiger partial charge in [-0.25, -0.2) is 0 Å². The fourth-order valence-electron chi connectivity index (χ4n) is 3.17. The topological polar surface area (TPSA) is 73.0 Å². The number of benzene rings is 2. The van der Waals surface area contributed by atoms with E-state index in [1.807, 2.05) is 57.9 Å². The molecular formula is C26H24N2O3S2V. The van der Waals surface area contributed by atoms with E-state index >= 15 is 0 Å². The Morgan fingerprint density at radius 2 is 0.941 bits per heavy atom. The van der Waals surface area contributed by atoms with Gasteiger partial charge in [0.1, 0.15) is 0 Å². The third kappa shape index (κ3) is 8.84. The molecule has 0 radical (unpaired) electrons. The van der Waals surface area contributed by atoms with E-state index in [4.69, 9.17) is 28.1 Å². The van der Waals surface area contributed by atoms with Crippen LogP contribution in [-0.2, 0) is 47.0 Å². The Morgan fingerprint density at radius 1 is 0.588 bits per heavy atom. The number of rotatable bonds is 6. The first-order valence-electron chi connectivity index (χ1n) is 10.5. The summed E-state index contributed by atoms with van der Waals surface area (Å²) in [5.41, 5.74) is 2.50. The van der Waals surface area contributed by atoms with Crippen LogP contribution < -0.4 is 10.2 Å². The van der Waals surface area contributed by atoms with Crippen molar-refractivity contribution in [3.8, 4) is 11.5 Å². The Kier molecular flexibility index (Phi) is 12.2. The van der Waals surface area contributed by atoms with E-state index in [1.165, 1.54) is 23.3 Å². The van der Waals surface area contributed by atoms with Gasteiger partial charge < -0.3 is 19.3 Å². The fraction of sp³-hybridized carbons (Fsp3) is 0.154. The first kappa shape index (κ1) is 27.4. The zero-order valence-corrected chi connectivity index (χ0v) is 21.5. The van der Waals surface area contributed by atoms with Crippen LogP contribution in [0.25, 0.3) is 0 Å². The predicted octanol–water partition coefficient (Wildman–Crippen LogP) is 4.95. The summed E-state index contributed by atoms with van der Waals surface area (Å²) in [6.45, 7) is 1.50. The number of aromatic nitrogens is 2. The van der Waals surface area contributed by atoms with Crippen molar-refractivity contribution in [1.29, 1.82) is 0 Å². The minimum absolute atomic E-state index is 0.0782. The molecule has 0 aliphatic carbocycles. The molecule has 34 heavy (non-hydrogen) atoms. The first-order valence-corrected chi connectivity index (χ1v) is 11.9. The molecule has 2 aromatic carbocycles. The van der Waals surface area contributed by atoms with Crippen molar-refractivity contribution in [1.82, 2.24) is 9.13 Å². The maximum atomic E-state index is 11.3. The number of pyridine rings is 2. The van der Waals surface area contributed by atoms with Gasteiger partial charge in [-0.05, 0) is 36.1 Å². The molecule has 173 valence electrons. The van der Waals surface area contributed by atoms with Gasteiger partial charge in [0.2, 0.25) is 0 Å². The second-order valence-electron chi connectivity index (χ2n) is 7.21. The second kappa shape index (κ2) is 15.1. The summed E-state index contributed by atoms with van der Waals surface area (Å²) in [5.74, 6) is -0.156. The Bertz CT molecular complexity index is 1160. The van der Waals surface area contributed by atoms with E-state index in [0.29, 0.717) is 9.28 Å². The fourth-order valence-corrected chi connectivity index (χ4v) is 3.61. The van der Waals surface area contributed by atoms with E-state index in [-0.39, 0.29) is 11.5 Å². The Labute approximate surface area is 219 Å². The number of nitrogens with zero attached hydrogens (tertiary/aromatic N) is 2. The number of hydrogen-bond donors (Lipinski definition) is 0. The Morgan fingerprint density at radius 3 is 1.29 bits per heavy atom. The third-order valence-corrected chi connectivity index (χ3v) is 5.81. The molecule has 2 heterocycles. The van der Waals surface area contributed by atoms with E-state index in [9.17, 15) is 10.2 Å². The normalized spacial score (nSPS) is 9.82. The van der Waals surface area contributed by atoms with Crippen LogP contribution in [0.3, 0.4) is 0 Å². The van der Waals surface area contributed by atoms with Crippen LogP contribution in [0.2, 0.25) is 0 Å². The van der Waals surface area contributed by atoms with Crippen LogP contribution in [0.4, 0.5) is 0 Å². The molecule has 4 rings (SSSR count). The summed E-state index contributed by atoms with van der Waals surface area (Å²) < 4.78 is 12.6. The third-order valence-electron chi connectivity index (χ3n) is 4.94. The molecule has 0 atom stereocenters. The van der Waals surface area contributed by atoms with E-state index in [0.717, 1.165) is 43.3 Å². The summed E-state index contributed by atoms with van der Waals surface area (Å²) in [6, 6.07) is 26.8. The van der Waals surface area contributed by atoms with Crippen LogP contribution in [0, 0.1) is 9.28 Å². The summed E-state index contributed by atoms with van der Waals surface area (Å²) in [6.07, 6.45) is 5.48. The molecule has 0 aliphatic heterocycles. The van der Waals surface area contributed by atoms with E-state index in [2.05, 4.69) is 24.3 Å². The molecular weight excluding hydrogens is 503 g/mol. The molecule has 2 aromatic heterocycles. The average Bonchev–Trinajstić information content (AvgIpc) is 2.89. The molecule has 0 N–H and O–H groups in total. The van der Waals surface area contributed by atoms with Crippen LogP contribution >= 0.6 is 24.4 Å². The Hall–Kier alpha value is -2.84. The van der Waals surface area contributed by atoms with Gasteiger partial charge in [-0.1, -0.05) is 109 Å². The van der Waals surface area contributed by atoms with Gasteiger partial charge in [0.15, 0.2) is 0 Å². The number of hydrogen-bond acceptors (Lipinski definition) is 5. The van der Waals surface area contributed by atoms with Gasteiger partial charge in [-0.15, -0.1) is 0 Å². The van der Waals surface area contributed by atoms with Crippen LogP contribution in [0.1, 0.15) is 11.1 Å². The quantitative estimate of drug-likeness (QED) is 0.332.